The Morgan fingerprint density at radius 2 is 1.82 bits per heavy atom. The quantitative estimate of drug-likeness (QED) is 0.468. The van der Waals surface area contributed by atoms with E-state index in [4.69, 9.17) is 4.74 Å². The first-order valence-electron chi connectivity index (χ1n) is 11.2. The van der Waals surface area contributed by atoms with Crippen molar-refractivity contribution in [3.8, 4) is 17.2 Å². The fourth-order valence-electron chi connectivity index (χ4n) is 5.26. The van der Waals surface area contributed by atoms with Gasteiger partial charge >= 0.3 is 0 Å². The van der Waals surface area contributed by atoms with Crippen LogP contribution >= 0.6 is 0 Å². The highest BCUT2D eigenvalue weighted by Crippen LogP contribution is 2.47. The minimum absolute atomic E-state index is 0.0880. The summed E-state index contributed by atoms with van der Waals surface area (Å²) in [5.41, 5.74) is 0.677. The number of fused-ring (bicyclic) bond motifs is 3. The number of carbonyl (C=O) groups is 3. The highest BCUT2D eigenvalue weighted by atomic mass is 16.5. The lowest BCUT2D eigenvalue weighted by atomic mass is 9.74. The van der Waals surface area contributed by atoms with Crippen LogP contribution in [0.4, 0.5) is 0 Å². The number of benzene rings is 2. The zero-order valence-electron chi connectivity index (χ0n) is 18.4. The summed E-state index contributed by atoms with van der Waals surface area (Å²) in [4.78, 5) is 41.7. The van der Waals surface area contributed by atoms with Crippen molar-refractivity contribution >= 4 is 17.3 Å². The van der Waals surface area contributed by atoms with Gasteiger partial charge in [0.05, 0.1) is 30.3 Å². The predicted octanol–water partition coefficient (Wildman–Crippen LogP) is 2.82. The molecule has 1 heterocycles. The maximum absolute atomic E-state index is 13.3. The maximum atomic E-state index is 13.3. The number of phenols is 2. The number of aromatic hydroxyl groups is 2. The Labute approximate surface area is 191 Å². The molecule has 0 amide bonds. The molecule has 7 nitrogen and oxygen atoms in total. The van der Waals surface area contributed by atoms with Crippen molar-refractivity contribution in [1.29, 1.82) is 0 Å². The van der Waals surface area contributed by atoms with Crippen LogP contribution < -0.4 is 4.74 Å². The summed E-state index contributed by atoms with van der Waals surface area (Å²) in [7, 11) is 1.41. The Kier molecular flexibility index (Phi) is 5.29. The van der Waals surface area contributed by atoms with Crippen LogP contribution in [0, 0.1) is 5.92 Å². The summed E-state index contributed by atoms with van der Waals surface area (Å²) in [6, 6.07) is 4.70. The van der Waals surface area contributed by atoms with E-state index in [9.17, 15) is 24.6 Å². The van der Waals surface area contributed by atoms with E-state index in [2.05, 4.69) is 17.1 Å². The molecule has 33 heavy (non-hydrogen) atoms. The lowest BCUT2D eigenvalue weighted by Gasteiger charge is -2.30. The van der Waals surface area contributed by atoms with Gasteiger partial charge in [0.15, 0.2) is 5.78 Å². The molecular weight excluding hydrogens is 422 g/mol. The van der Waals surface area contributed by atoms with Crippen molar-refractivity contribution in [1.82, 2.24) is 4.90 Å². The largest absolute Gasteiger partial charge is 0.507 e. The Morgan fingerprint density at radius 3 is 2.55 bits per heavy atom. The highest BCUT2D eigenvalue weighted by molar-refractivity contribution is 6.31. The highest BCUT2D eigenvalue weighted by Gasteiger charge is 2.41. The first kappa shape index (κ1) is 21.4. The van der Waals surface area contributed by atoms with Gasteiger partial charge < -0.3 is 14.9 Å². The summed E-state index contributed by atoms with van der Waals surface area (Å²) in [6.07, 6.45) is 6.18. The van der Waals surface area contributed by atoms with Crippen LogP contribution in [0.15, 0.2) is 30.4 Å². The van der Waals surface area contributed by atoms with E-state index in [1.807, 2.05) is 0 Å². The third kappa shape index (κ3) is 3.35. The van der Waals surface area contributed by atoms with Gasteiger partial charge in [-0.25, -0.2) is 0 Å². The van der Waals surface area contributed by atoms with Gasteiger partial charge in [0.25, 0.3) is 0 Å². The molecule has 0 bridgehead atoms. The van der Waals surface area contributed by atoms with Gasteiger partial charge in [-0.1, -0.05) is 24.3 Å². The fraction of sp³-hybridized carbons (Fsp3) is 0.346. The van der Waals surface area contributed by atoms with Crippen LogP contribution in [0.3, 0.4) is 0 Å². The molecule has 0 spiro atoms. The summed E-state index contributed by atoms with van der Waals surface area (Å²) in [6.45, 7) is 1.92. The van der Waals surface area contributed by atoms with Crippen LogP contribution in [0.5, 0.6) is 17.2 Å². The van der Waals surface area contributed by atoms with Crippen LogP contribution in [-0.2, 0) is 17.6 Å². The van der Waals surface area contributed by atoms with E-state index >= 15 is 0 Å². The molecule has 2 aromatic rings. The van der Waals surface area contributed by atoms with E-state index in [1.54, 1.807) is 12.1 Å². The molecule has 1 atom stereocenters. The second kappa shape index (κ2) is 8.15. The zero-order chi connectivity index (χ0) is 23.3. The van der Waals surface area contributed by atoms with E-state index < -0.39 is 11.6 Å². The third-order valence-electron chi connectivity index (χ3n) is 7.00. The minimum atomic E-state index is -0.552. The number of rotatable bonds is 4. The monoisotopic (exact) mass is 447 g/mol. The number of methoxy groups -OCH3 is 1. The van der Waals surface area contributed by atoms with Crippen molar-refractivity contribution in [2.45, 2.75) is 25.7 Å². The van der Waals surface area contributed by atoms with Crippen molar-refractivity contribution in [3.63, 3.8) is 0 Å². The minimum Gasteiger partial charge on any atom is -0.507 e. The van der Waals surface area contributed by atoms with E-state index in [0.29, 0.717) is 30.5 Å². The van der Waals surface area contributed by atoms with Gasteiger partial charge in [-0.15, -0.1) is 0 Å². The SMILES string of the molecule is COc1cccc2c1C(=O)c1c(O)c3c(c(O)c1C2=O)CC(C(=O)CN1CC=CCC1)CC3. The van der Waals surface area contributed by atoms with Gasteiger partial charge in [-0.2, -0.15) is 0 Å². The second-order valence-electron chi connectivity index (χ2n) is 8.85. The van der Waals surface area contributed by atoms with Gasteiger partial charge in [0, 0.05) is 35.7 Å². The zero-order valence-corrected chi connectivity index (χ0v) is 18.4. The molecule has 2 aliphatic carbocycles. The second-order valence-corrected chi connectivity index (χ2v) is 8.85. The molecule has 7 heteroatoms. The maximum Gasteiger partial charge on any atom is 0.202 e. The first-order valence-corrected chi connectivity index (χ1v) is 11.2. The summed E-state index contributed by atoms with van der Waals surface area (Å²) in [5, 5.41) is 22.2. The van der Waals surface area contributed by atoms with Gasteiger partial charge in [-0.05, 0) is 31.7 Å². The number of hydrogen-bond donors (Lipinski definition) is 2. The molecule has 170 valence electrons. The number of nitrogens with zero attached hydrogens (tertiary/aromatic N) is 1. The fourth-order valence-corrected chi connectivity index (χ4v) is 5.26. The normalized spacial score (nSPS) is 19.6. The lowest BCUT2D eigenvalue weighted by molar-refractivity contribution is -0.124. The first-order chi connectivity index (χ1) is 15.9. The van der Waals surface area contributed by atoms with Gasteiger partial charge in [-0.3, -0.25) is 19.3 Å². The number of ether oxygens (including phenoxy) is 1. The van der Waals surface area contributed by atoms with Crippen LogP contribution in [0.25, 0.3) is 0 Å². The number of phenolic OH excluding ortho intramolecular Hbond substituents is 2. The molecule has 1 unspecified atom stereocenters. The molecule has 0 aromatic heterocycles. The summed E-state index contributed by atoms with van der Waals surface area (Å²) < 4.78 is 5.27. The Hall–Kier alpha value is -3.45. The van der Waals surface area contributed by atoms with Crippen molar-refractivity contribution in [2.75, 3.05) is 26.7 Å². The summed E-state index contributed by atoms with van der Waals surface area (Å²) >= 11 is 0. The molecule has 0 fully saturated rings. The predicted molar refractivity (Wildman–Crippen MR) is 120 cm³/mol. The smallest absolute Gasteiger partial charge is 0.202 e. The Balaban J connectivity index is 1.53. The lowest BCUT2D eigenvalue weighted by Crippen LogP contribution is -2.37. The van der Waals surface area contributed by atoms with E-state index in [1.165, 1.54) is 13.2 Å². The topological polar surface area (TPSA) is 104 Å². The van der Waals surface area contributed by atoms with Crippen molar-refractivity contribution in [2.24, 2.45) is 5.92 Å². The molecular formula is C26H25NO6. The molecule has 5 rings (SSSR count). The van der Waals surface area contributed by atoms with E-state index in [0.717, 1.165) is 19.5 Å². The number of ketones is 3. The molecule has 0 saturated carbocycles. The molecule has 0 saturated heterocycles. The third-order valence-corrected chi connectivity index (χ3v) is 7.00. The van der Waals surface area contributed by atoms with E-state index in [-0.39, 0.29) is 57.6 Å². The number of hydrogen-bond acceptors (Lipinski definition) is 7. The van der Waals surface area contributed by atoms with Gasteiger partial charge in [0.1, 0.15) is 23.0 Å². The Morgan fingerprint density at radius 1 is 1.06 bits per heavy atom. The van der Waals surface area contributed by atoms with Crippen LogP contribution in [0.2, 0.25) is 0 Å². The van der Waals surface area contributed by atoms with Gasteiger partial charge in [0.2, 0.25) is 5.78 Å². The molecule has 1 aliphatic heterocycles. The molecule has 3 aliphatic rings. The molecule has 2 aromatic carbocycles. The van der Waals surface area contributed by atoms with Crippen molar-refractivity contribution < 1.29 is 29.3 Å². The summed E-state index contributed by atoms with van der Waals surface area (Å²) in [5.74, 6) is -1.65. The molecule has 0 radical (unpaired) electrons. The number of carbonyl (C=O) groups excluding carboxylic acids is 3. The standard InChI is InChI=1S/C26H25NO6/c1-33-19-7-5-6-16-20(19)26(32)22-21(24(16)30)25(31)17-12-14(8-9-15(17)23(22)29)18(28)13-27-10-3-2-4-11-27/h2-3,5-7,14,29,31H,4,8-13H2,1H3. The average Bonchev–Trinajstić information content (AvgIpc) is 2.84. The Bertz CT molecular complexity index is 1230. The van der Waals surface area contributed by atoms with Crippen molar-refractivity contribution in [3.05, 3.63) is 63.7 Å². The van der Waals surface area contributed by atoms with Crippen LogP contribution in [0.1, 0.15) is 55.8 Å². The van der Waals surface area contributed by atoms with Crippen LogP contribution in [-0.4, -0.2) is 59.2 Å². The molecule has 2 N–H and O–H groups in total. The average molecular weight is 447 g/mol. The number of Topliss-reactive ketones (excluding diaryl/α,β-unsaturated/α-hetero) is 1.